The van der Waals surface area contributed by atoms with Gasteiger partial charge in [0.15, 0.2) is 23.0 Å². The van der Waals surface area contributed by atoms with Crippen molar-refractivity contribution < 1.29 is 23.4 Å². The lowest BCUT2D eigenvalue weighted by Crippen LogP contribution is -2.04. The molecular formula is C23H18INO5. The van der Waals surface area contributed by atoms with Crippen molar-refractivity contribution >= 4 is 40.5 Å². The molecule has 30 heavy (non-hydrogen) atoms. The molecule has 6 nitrogen and oxygen atoms in total. The minimum Gasteiger partial charge on any atom is -0.490 e. The summed E-state index contributed by atoms with van der Waals surface area (Å²) in [5, 5.41) is 0. The highest BCUT2D eigenvalue weighted by atomic mass is 127. The second kappa shape index (κ2) is 9.17. The molecule has 2 aromatic carbocycles. The number of esters is 1. The minimum absolute atomic E-state index is 0.152. The van der Waals surface area contributed by atoms with E-state index in [0.29, 0.717) is 30.5 Å². The Kier molecular flexibility index (Phi) is 6.18. The lowest BCUT2D eigenvalue weighted by molar-refractivity contribution is -0.130. The third kappa shape index (κ3) is 4.56. The average Bonchev–Trinajstić information content (AvgIpc) is 3.39. The van der Waals surface area contributed by atoms with E-state index in [1.165, 1.54) is 6.26 Å². The van der Waals surface area contributed by atoms with E-state index in [0.717, 1.165) is 14.7 Å². The maximum Gasteiger partial charge on any atom is 0.363 e. The van der Waals surface area contributed by atoms with Gasteiger partial charge in [-0.1, -0.05) is 24.3 Å². The topological polar surface area (TPSA) is 70.3 Å². The number of ether oxygens (including phenoxy) is 3. The molecule has 0 saturated heterocycles. The highest BCUT2D eigenvalue weighted by Crippen LogP contribution is 2.31. The summed E-state index contributed by atoms with van der Waals surface area (Å²) in [5.74, 6) is 1.25. The van der Waals surface area contributed by atoms with Crippen molar-refractivity contribution in [2.24, 2.45) is 4.99 Å². The van der Waals surface area contributed by atoms with Crippen LogP contribution in [0.25, 0.3) is 6.08 Å². The number of halogens is 1. The molecule has 7 heteroatoms. The molecule has 0 amide bonds. The van der Waals surface area contributed by atoms with Gasteiger partial charge in [0.25, 0.3) is 5.90 Å². The van der Waals surface area contributed by atoms with Crippen LogP contribution in [0, 0.1) is 3.57 Å². The number of carbonyl (C=O) groups is 1. The lowest BCUT2D eigenvalue weighted by Gasteiger charge is -2.13. The Hall–Kier alpha value is -3.07. The van der Waals surface area contributed by atoms with E-state index in [9.17, 15) is 4.79 Å². The molecule has 0 radical (unpaired) electrons. The molecule has 2 heterocycles. The fourth-order valence-corrected chi connectivity index (χ4v) is 3.39. The van der Waals surface area contributed by atoms with E-state index < -0.39 is 5.97 Å². The Balaban J connectivity index is 1.56. The molecule has 1 aliphatic heterocycles. The van der Waals surface area contributed by atoms with Crippen LogP contribution in [0.1, 0.15) is 23.8 Å². The first-order valence-corrected chi connectivity index (χ1v) is 10.4. The van der Waals surface area contributed by atoms with Crippen molar-refractivity contribution in [2.75, 3.05) is 6.61 Å². The number of benzene rings is 2. The molecule has 1 aliphatic rings. The van der Waals surface area contributed by atoms with Crippen molar-refractivity contribution in [1.29, 1.82) is 0 Å². The Bertz CT molecular complexity index is 1120. The fourth-order valence-electron chi connectivity index (χ4n) is 2.85. The number of hydrogen-bond acceptors (Lipinski definition) is 6. The fraction of sp³-hybridized carbons (Fsp3) is 0.130. The molecule has 3 aromatic rings. The van der Waals surface area contributed by atoms with Gasteiger partial charge < -0.3 is 18.6 Å². The molecule has 0 aliphatic carbocycles. The lowest BCUT2D eigenvalue weighted by atomic mass is 10.1. The monoisotopic (exact) mass is 515 g/mol. The minimum atomic E-state index is -0.529. The molecule has 0 saturated carbocycles. The van der Waals surface area contributed by atoms with E-state index in [4.69, 9.17) is 18.6 Å². The Morgan fingerprint density at radius 1 is 1.07 bits per heavy atom. The number of nitrogens with zero attached hydrogens (tertiary/aromatic N) is 1. The number of rotatable bonds is 7. The molecule has 0 N–H and O–H groups in total. The summed E-state index contributed by atoms with van der Waals surface area (Å²) in [4.78, 5) is 16.4. The molecule has 0 fully saturated rings. The second-order valence-electron chi connectivity index (χ2n) is 6.33. The van der Waals surface area contributed by atoms with Gasteiger partial charge >= 0.3 is 5.97 Å². The van der Waals surface area contributed by atoms with Crippen molar-refractivity contribution in [2.45, 2.75) is 13.5 Å². The highest BCUT2D eigenvalue weighted by molar-refractivity contribution is 14.1. The summed E-state index contributed by atoms with van der Waals surface area (Å²) in [7, 11) is 0. The van der Waals surface area contributed by atoms with Crippen molar-refractivity contribution in [3.8, 4) is 11.5 Å². The normalized spacial score (nSPS) is 14.5. The molecule has 4 rings (SSSR count). The van der Waals surface area contributed by atoms with Crippen LogP contribution in [0.4, 0.5) is 0 Å². The van der Waals surface area contributed by atoms with Crippen molar-refractivity contribution in [3.63, 3.8) is 0 Å². The third-order valence-corrected chi connectivity index (χ3v) is 5.32. The zero-order chi connectivity index (χ0) is 20.9. The molecule has 0 atom stereocenters. The molecule has 1 aromatic heterocycles. The number of furan rings is 1. The molecule has 0 spiro atoms. The van der Waals surface area contributed by atoms with Crippen LogP contribution in [0.15, 0.2) is 76.0 Å². The van der Waals surface area contributed by atoms with Crippen LogP contribution < -0.4 is 9.47 Å². The van der Waals surface area contributed by atoms with Crippen LogP contribution in [-0.4, -0.2) is 18.5 Å². The van der Waals surface area contributed by atoms with Crippen LogP contribution in [0.3, 0.4) is 0 Å². The highest BCUT2D eigenvalue weighted by Gasteiger charge is 2.25. The smallest absolute Gasteiger partial charge is 0.363 e. The summed E-state index contributed by atoms with van der Waals surface area (Å²) in [6.07, 6.45) is 3.14. The number of cyclic esters (lactones) is 1. The quantitative estimate of drug-likeness (QED) is 0.246. The van der Waals surface area contributed by atoms with Gasteiger partial charge in [0.05, 0.1) is 12.9 Å². The van der Waals surface area contributed by atoms with Gasteiger partial charge in [0, 0.05) is 9.13 Å². The Morgan fingerprint density at radius 3 is 2.70 bits per heavy atom. The van der Waals surface area contributed by atoms with Gasteiger partial charge in [0.2, 0.25) is 0 Å². The summed E-state index contributed by atoms with van der Waals surface area (Å²) in [6.45, 7) is 2.83. The number of aliphatic imine (C=N–C) groups is 1. The summed E-state index contributed by atoms with van der Waals surface area (Å²) >= 11 is 2.29. The van der Waals surface area contributed by atoms with Gasteiger partial charge in [0.1, 0.15) is 6.61 Å². The van der Waals surface area contributed by atoms with Crippen LogP contribution in [0.2, 0.25) is 0 Å². The van der Waals surface area contributed by atoms with Gasteiger partial charge in [-0.3, -0.25) is 0 Å². The van der Waals surface area contributed by atoms with E-state index in [1.807, 2.05) is 49.4 Å². The predicted octanol–water partition coefficient (Wildman–Crippen LogP) is 5.21. The van der Waals surface area contributed by atoms with Crippen LogP contribution in [0.5, 0.6) is 11.5 Å². The Morgan fingerprint density at radius 2 is 1.93 bits per heavy atom. The van der Waals surface area contributed by atoms with E-state index in [2.05, 4.69) is 27.6 Å². The van der Waals surface area contributed by atoms with Gasteiger partial charge in [-0.2, -0.15) is 0 Å². The molecule has 0 unspecified atom stereocenters. The van der Waals surface area contributed by atoms with Crippen LogP contribution in [-0.2, 0) is 16.1 Å². The van der Waals surface area contributed by atoms with Gasteiger partial charge in [-0.25, -0.2) is 9.79 Å². The SMILES string of the molecule is CCOc1cc(/C=C2\N=C(c3ccco3)OC2=O)ccc1OCc1ccccc1I. The summed E-state index contributed by atoms with van der Waals surface area (Å²) in [6, 6.07) is 16.9. The third-order valence-electron chi connectivity index (χ3n) is 4.26. The number of hydrogen-bond donors (Lipinski definition) is 0. The first-order valence-electron chi connectivity index (χ1n) is 9.33. The maximum absolute atomic E-state index is 12.1. The Labute approximate surface area is 187 Å². The number of carbonyl (C=O) groups excluding carboxylic acids is 1. The molecule has 0 bridgehead atoms. The average molecular weight is 515 g/mol. The molecular weight excluding hydrogens is 497 g/mol. The standard InChI is InChI=1S/C23H18INO5/c1-2-27-21-13-15(9-10-19(21)29-14-16-6-3-4-7-17(16)24)12-18-23(26)30-22(25-18)20-8-5-11-28-20/h3-13H,2,14H2,1H3/b18-12-. The zero-order valence-corrected chi connectivity index (χ0v) is 18.3. The molecule has 152 valence electrons. The van der Waals surface area contributed by atoms with E-state index >= 15 is 0 Å². The van der Waals surface area contributed by atoms with E-state index in [1.54, 1.807) is 18.2 Å². The summed E-state index contributed by atoms with van der Waals surface area (Å²) in [5.41, 5.74) is 2.04. The van der Waals surface area contributed by atoms with E-state index in [-0.39, 0.29) is 11.6 Å². The first kappa shape index (κ1) is 20.2. The second-order valence-corrected chi connectivity index (χ2v) is 7.49. The van der Waals surface area contributed by atoms with Gasteiger partial charge in [-0.15, -0.1) is 0 Å². The first-order chi connectivity index (χ1) is 14.6. The maximum atomic E-state index is 12.1. The van der Waals surface area contributed by atoms with Crippen molar-refractivity contribution in [3.05, 3.63) is 87.0 Å². The van der Waals surface area contributed by atoms with Crippen LogP contribution >= 0.6 is 22.6 Å². The predicted molar refractivity (Wildman–Crippen MR) is 120 cm³/mol. The largest absolute Gasteiger partial charge is 0.490 e. The zero-order valence-electron chi connectivity index (χ0n) is 16.1. The van der Waals surface area contributed by atoms with Gasteiger partial charge in [-0.05, 0) is 71.5 Å². The van der Waals surface area contributed by atoms with Crippen molar-refractivity contribution in [1.82, 2.24) is 0 Å². The summed E-state index contributed by atoms with van der Waals surface area (Å²) < 4.78 is 23.3.